The summed E-state index contributed by atoms with van der Waals surface area (Å²) in [4.78, 5) is 272. The Kier molecular flexibility index (Phi) is 56.2. The molecule has 0 unspecified atom stereocenters. The van der Waals surface area contributed by atoms with Crippen LogP contribution in [-0.4, -0.2) is 328 Å². The maximum Gasteiger partial charge on any atom is 0.328 e. The molecule has 0 saturated carbocycles. The number of benzene rings is 2. The van der Waals surface area contributed by atoms with Gasteiger partial charge in [0.1, 0.15) is 96.7 Å². The molecular weight excluding hydrogens is 1810 g/mol. The van der Waals surface area contributed by atoms with Crippen molar-refractivity contribution in [3.8, 4) is 0 Å². The van der Waals surface area contributed by atoms with Gasteiger partial charge < -0.3 is 161 Å². The van der Waals surface area contributed by atoms with E-state index in [2.05, 4.69) is 90.4 Å². The van der Waals surface area contributed by atoms with Crippen LogP contribution in [0.4, 0.5) is 0 Å². The fourth-order valence-electron chi connectivity index (χ4n) is 12.9. The van der Waals surface area contributed by atoms with Crippen molar-refractivity contribution in [2.45, 2.75) is 253 Å². The molecule has 0 saturated heterocycles. The third-order valence-corrected chi connectivity index (χ3v) is 21.2. The Morgan fingerprint density at radius 1 is 0.375 bits per heavy atom. The number of amides is 19. The lowest BCUT2D eigenvalue weighted by Gasteiger charge is -2.29. The second kappa shape index (κ2) is 64.2. The number of hydrogen-bond donors (Lipinski definition) is 31. The maximum absolute atomic E-state index is 14.5. The lowest BCUT2D eigenvalue weighted by molar-refractivity contribution is -0.143. The largest absolute Gasteiger partial charge is 0.480 e. The molecule has 51 nitrogen and oxygen atoms in total. The van der Waals surface area contributed by atoms with Gasteiger partial charge in [0.2, 0.25) is 112 Å². The maximum atomic E-state index is 14.5. The molecule has 2 aromatic carbocycles. The predicted molar refractivity (Wildman–Crippen MR) is 491 cm³/mol. The van der Waals surface area contributed by atoms with E-state index < -0.39 is 291 Å². The van der Waals surface area contributed by atoms with E-state index in [1.54, 1.807) is 73.8 Å². The van der Waals surface area contributed by atoms with Crippen LogP contribution in [0.3, 0.4) is 0 Å². The normalized spacial score (nSPS) is 15.0. The number of nitrogens with two attached hydrogens (primary N) is 6. The molecule has 19 amide bonds. The van der Waals surface area contributed by atoms with E-state index in [9.17, 15) is 127 Å². The number of carbonyl (C=O) groups is 20. The summed E-state index contributed by atoms with van der Waals surface area (Å²) >= 11 is 1.25. The Balaban J connectivity index is 2.37. The molecule has 0 heterocycles. The molecule has 0 fully saturated rings. The zero-order chi connectivity index (χ0) is 102. The molecule has 0 aliphatic carbocycles. The zero-order valence-corrected chi connectivity index (χ0v) is 78.0. The van der Waals surface area contributed by atoms with Gasteiger partial charge in [0.25, 0.3) is 0 Å². The van der Waals surface area contributed by atoms with E-state index in [0.29, 0.717) is 17.5 Å². The first kappa shape index (κ1) is 119. The van der Waals surface area contributed by atoms with Crippen LogP contribution < -0.4 is 130 Å². The minimum absolute atomic E-state index is 0.0191. The Morgan fingerprint density at radius 3 is 1.18 bits per heavy atom. The number of aliphatic hydroxyl groups excluding tert-OH is 5. The van der Waals surface area contributed by atoms with Crippen LogP contribution in [0.15, 0.2) is 60.7 Å². The first-order chi connectivity index (χ1) is 64.3. The topological polar surface area (TPSA) is 859 Å². The van der Waals surface area contributed by atoms with Gasteiger partial charge in [0, 0.05) is 25.8 Å². The van der Waals surface area contributed by atoms with Crippen molar-refractivity contribution in [2.75, 3.05) is 64.6 Å². The predicted octanol–water partition coefficient (Wildman–Crippen LogP) is -12.0. The standard InChI is InChI=1S/C84H137N25O26S/c1-8-20-50(97-77(128)56(102-69(120)49(87)40-110)35-47-21-11-9-12-22-47)72(123)104-58(37-62(89)116)70(121)93-39-64(118)107-65(43(2)3)81(132)109-66(45(5)113)80(131)94-38-63(117)96-55(30-34-136-7)75(126)98-51(25-15-17-31-85)73(124)99-52(26-16-18-32-86)76(127)108-67(46(6)114)82(133)105-59(41-111)79(130)103-57(36-48-23-13-10-14-24-48)78(129)101-54(28-29-61(88)115)74(125)100-53(27-19-33-92-84(90)91)71(122)95-44(4)68(119)106-60(42-112)83(134)135/h9-14,21-24,43-46,49-60,65-67,110-114H,8,15-20,25-42,85-87H2,1-7H3,(H2,88,115)(H2,89,116)(H,93,121)(H,94,131)(H,95,122)(H,96,117)(H,97,128)(H,98,126)(H,99,124)(H,100,125)(H,101,129)(H,102,120)(H,103,130)(H,104,123)(H,105,133)(H,106,119)(H,107,118)(H,108,127)(H,109,132)(H,134,135)(H4,90,91,92)/t44-,45+,46+,49-,50-,51-,52-,53-,54-,55-,56-,57-,58-,59-,60-,65-,66-,67-/m0/s1. The number of carboxylic acid groups (broad SMARTS) is 1. The molecule has 0 radical (unpaired) electrons. The van der Waals surface area contributed by atoms with Crippen LogP contribution in [0, 0.1) is 11.3 Å². The molecule has 0 aliphatic heterocycles. The molecule has 52 heteroatoms. The summed E-state index contributed by atoms with van der Waals surface area (Å²) in [7, 11) is 0. The molecule has 0 spiro atoms. The third kappa shape index (κ3) is 45.4. The first-order valence-electron chi connectivity index (χ1n) is 44.2. The van der Waals surface area contributed by atoms with Gasteiger partial charge in [-0.2, -0.15) is 11.8 Å². The van der Waals surface area contributed by atoms with E-state index in [0.717, 1.165) is 20.8 Å². The van der Waals surface area contributed by atoms with E-state index in [1.807, 2.05) is 5.32 Å². The number of primary amides is 2. The molecule has 0 aromatic heterocycles. The fourth-order valence-corrected chi connectivity index (χ4v) is 13.4. The Labute approximate surface area is 790 Å². The van der Waals surface area contributed by atoms with Crippen molar-refractivity contribution in [3.05, 3.63) is 71.8 Å². The van der Waals surface area contributed by atoms with Crippen LogP contribution in [-0.2, 0) is 109 Å². The van der Waals surface area contributed by atoms with Gasteiger partial charge in [-0.3, -0.25) is 96.5 Å². The monoisotopic (exact) mass is 1940 g/mol. The Hall–Kier alpha value is -12.9. The SMILES string of the molecule is CCC[C@H](NC(=O)[C@H](Cc1ccccc1)NC(=O)[C@@H](N)CO)C(=O)N[C@@H](CC(N)=O)C(=O)NCC(=O)N[C@H](C(=O)N[C@H](C(=O)NCC(=O)N[C@@H](CCSC)C(=O)N[C@@H](CCCCN)C(=O)N[C@@H](CCCCN)C(=O)N[C@H](C(=O)N[C@@H](CO)C(=O)N[C@@H](Cc1ccccc1)C(=O)N[C@@H](CCC(N)=O)C(=O)N[C@@H](CCCNC(=N)N)C(=O)N[C@@H](C)C(=O)N[C@@H](CO)C(=O)O)[C@@H](C)O)[C@@H](C)O)C(C)C. The summed E-state index contributed by atoms with van der Waals surface area (Å²) in [6.07, 6.45) is -3.58. The van der Waals surface area contributed by atoms with Gasteiger partial charge in [0.15, 0.2) is 5.96 Å². The second-order valence-corrected chi connectivity index (χ2v) is 33.3. The quantitative estimate of drug-likeness (QED) is 0.0166. The van der Waals surface area contributed by atoms with Gasteiger partial charge in [-0.1, -0.05) is 87.9 Å². The second-order valence-electron chi connectivity index (χ2n) is 32.3. The average Bonchev–Trinajstić information content (AvgIpc) is 0.843. The number of thioether (sulfide) groups is 1. The van der Waals surface area contributed by atoms with Crippen molar-refractivity contribution in [2.24, 2.45) is 40.3 Å². The number of carbonyl (C=O) groups excluding carboxylic acids is 19. The highest BCUT2D eigenvalue weighted by Crippen LogP contribution is 2.15. The van der Waals surface area contributed by atoms with Gasteiger partial charge in [-0.05, 0) is 134 Å². The van der Waals surface area contributed by atoms with E-state index in [4.69, 9.17) is 39.8 Å². The van der Waals surface area contributed by atoms with Crippen molar-refractivity contribution >= 4 is 136 Å². The molecule has 18 atom stereocenters. The summed E-state index contributed by atoms with van der Waals surface area (Å²) < 4.78 is 0. The minimum Gasteiger partial charge on any atom is -0.480 e. The number of aliphatic carboxylic acids is 1. The van der Waals surface area contributed by atoms with Gasteiger partial charge in [0.05, 0.1) is 51.5 Å². The molecule has 0 aliphatic rings. The average molecular weight is 1950 g/mol. The lowest BCUT2D eigenvalue weighted by Crippen LogP contribution is -2.62. The fraction of sp³-hybridized carbons (Fsp3) is 0.607. The molecule has 0 bridgehead atoms. The van der Waals surface area contributed by atoms with E-state index in [1.165, 1.54) is 25.6 Å². The number of hydrogen-bond acceptors (Lipinski definition) is 30. The highest BCUT2D eigenvalue weighted by atomic mass is 32.2. The number of nitrogens with one attached hydrogen (secondary N) is 19. The van der Waals surface area contributed by atoms with Crippen molar-refractivity contribution in [1.29, 1.82) is 5.41 Å². The molecule has 760 valence electrons. The van der Waals surface area contributed by atoms with E-state index in [-0.39, 0.29) is 102 Å². The Morgan fingerprint density at radius 2 is 0.750 bits per heavy atom. The molecular formula is C84H137N25O26S. The zero-order valence-electron chi connectivity index (χ0n) is 77.1. The number of rotatable bonds is 67. The van der Waals surface area contributed by atoms with Crippen LogP contribution in [0.5, 0.6) is 0 Å². The number of carboxylic acids is 1. The first-order valence-corrected chi connectivity index (χ1v) is 45.6. The van der Waals surface area contributed by atoms with Gasteiger partial charge >= 0.3 is 5.97 Å². The highest BCUT2D eigenvalue weighted by molar-refractivity contribution is 7.98. The lowest BCUT2D eigenvalue weighted by atomic mass is 10.0. The Bertz CT molecular complexity index is 4300. The number of aliphatic hydroxyl groups is 5. The summed E-state index contributed by atoms with van der Waals surface area (Å²) in [6.45, 7) is 3.45. The summed E-state index contributed by atoms with van der Waals surface area (Å²) in [5, 5.41) is 111. The van der Waals surface area contributed by atoms with Gasteiger partial charge in [-0.15, -0.1) is 0 Å². The number of guanidine groups is 1. The summed E-state index contributed by atoms with van der Waals surface area (Å²) in [5.41, 5.74) is 34.6. The van der Waals surface area contributed by atoms with Crippen LogP contribution in [0.25, 0.3) is 0 Å². The van der Waals surface area contributed by atoms with Crippen LogP contribution in [0.2, 0.25) is 0 Å². The summed E-state index contributed by atoms with van der Waals surface area (Å²) in [5.74, 6) is -22.6. The molecule has 136 heavy (non-hydrogen) atoms. The third-order valence-electron chi connectivity index (χ3n) is 20.6. The number of unbranched alkanes of at least 4 members (excludes halogenated alkanes) is 2. The molecule has 2 aromatic rings. The van der Waals surface area contributed by atoms with Crippen molar-refractivity contribution in [3.63, 3.8) is 0 Å². The highest BCUT2D eigenvalue weighted by Gasteiger charge is 2.40. The smallest absolute Gasteiger partial charge is 0.328 e. The molecule has 2 rings (SSSR count). The molecule has 37 N–H and O–H groups in total. The van der Waals surface area contributed by atoms with Crippen LogP contribution in [0.1, 0.15) is 143 Å². The van der Waals surface area contributed by atoms with Crippen LogP contribution >= 0.6 is 11.8 Å². The minimum atomic E-state index is -2.00. The van der Waals surface area contributed by atoms with Crippen molar-refractivity contribution in [1.82, 2.24) is 95.7 Å². The van der Waals surface area contributed by atoms with E-state index >= 15 is 0 Å². The van der Waals surface area contributed by atoms with Gasteiger partial charge in [-0.25, -0.2) is 4.79 Å². The summed E-state index contributed by atoms with van der Waals surface area (Å²) in [6, 6.07) is -9.57. The van der Waals surface area contributed by atoms with Crippen molar-refractivity contribution < 1.29 is 127 Å².